The summed E-state index contributed by atoms with van der Waals surface area (Å²) in [6.45, 7) is 0.0814. The van der Waals surface area contributed by atoms with E-state index in [1.807, 2.05) is 0 Å². The van der Waals surface area contributed by atoms with Crippen LogP contribution in [0.3, 0.4) is 0 Å². The molecule has 0 unspecified atom stereocenters. The van der Waals surface area contributed by atoms with Crippen LogP contribution in [0.15, 0.2) is 30.3 Å². The number of nitrogens with one attached hydrogen (secondary N) is 1. The van der Waals surface area contributed by atoms with E-state index in [4.69, 9.17) is 10.5 Å². The maximum Gasteiger partial charge on any atom is 0.207 e. The van der Waals surface area contributed by atoms with Gasteiger partial charge in [-0.1, -0.05) is 18.2 Å². The number of ether oxygens (including phenoxy) is 1. The minimum Gasteiger partial charge on any atom is -0.486 e. The SMILES string of the molecule is Nc1cc(OCc2ccccc2F)c2n[nH]nc2n1. The van der Waals surface area contributed by atoms with Gasteiger partial charge in [0.1, 0.15) is 18.2 Å². The summed E-state index contributed by atoms with van der Waals surface area (Å²) >= 11 is 0. The minimum absolute atomic E-state index is 0.0814. The maximum absolute atomic E-state index is 13.5. The van der Waals surface area contributed by atoms with E-state index in [1.54, 1.807) is 18.2 Å². The van der Waals surface area contributed by atoms with Crippen LogP contribution in [0.4, 0.5) is 10.2 Å². The Hall–Kier alpha value is -2.70. The second kappa shape index (κ2) is 4.52. The zero-order chi connectivity index (χ0) is 13.2. The summed E-state index contributed by atoms with van der Waals surface area (Å²) < 4.78 is 19.0. The number of aromatic nitrogens is 4. The van der Waals surface area contributed by atoms with E-state index in [2.05, 4.69) is 20.4 Å². The van der Waals surface area contributed by atoms with Gasteiger partial charge in [-0.3, -0.25) is 0 Å². The first-order valence-electron chi connectivity index (χ1n) is 5.57. The van der Waals surface area contributed by atoms with E-state index in [-0.39, 0.29) is 18.2 Å². The summed E-state index contributed by atoms with van der Waals surface area (Å²) in [4.78, 5) is 3.99. The average Bonchev–Trinajstić information content (AvgIpc) is 2.85. The molecule has 0 fully saturated rings. The molecule has 2 aromatic heterocycles. The lowest BCUT2D eigenvalue weighted by atomic mass is 10.2. The fraction of sp³-hybridized carbons (Fsp3) is 0.0833. The summed E-state index contributed by atoms with van der Waals surface area (Å²) in [7, 11) is 0. The lowest BCUT2D eigenvalue weighted by molar-refractivity contribution is 0.303. The van der Waals surface area contributed by atoms with Crippen molar-refractivity contribution in [1.29, 1.82) is 0 Å². The van der Waals surface area contributed by atoms with Crippen molar-refractivity contribution in [1.82, 2.24) is 20.4 Å². The number of benzene rings is 1. The monoisotopic (exact) mass is 259 g/mol. The largest absolute Gasteiger partial charge is 0.486 e. The Bertz CT molecular complexity index is 727. The van der Waals surface area contributed by atoms with E-state index >= 15 is 0 Å². The molecule has 6 nitrogen and oxygen atoms in total. The minimum atomic E-state index is -0.319. The highest BCUT2D eigenvalue weighted by Gasteiger charge is 2.10. The molecule has 19 heavy (non-hydrogen) atoms. The first-order valence-corrected chi connectivity index (χ1v) is 5.57. The van der Waals surface area contributed by atoms with Crippen molar-refractivity contribution < 1.29 is 9.13 Å². The van der Waals surface area contributed by atoms with Crippen molar-refractivity contribution in [3.63, 3.8) is 0 Å². The summed E-state index contributed by atoms with van der Waals surface area (Å²) in [5.41, 5.74) is 6.92. The number of nitrogens with zero attached hydrogens (tertiary/aromatic N) is 3. The van der Waals surface area contributed by atoms with E-state index in [0.717, 1.165) is 0 Å². The van der Waals surface area contributed by atoms with Crippen molar-refractivity contribution >= 4 is 17.0 Å². The number of nitrogen functional groups attached to an aromatic ring is 1. The highest BCUT2D eigenvalue weighted by molar-refractivity contribution is 5.78. The van der Waals surface area contributed by atoms with Crippen LogP contribution in [0.1, 0.15) is 5.56 Å². The van der Waals surface area contributed by atoms with Gasteiger partial charge in [-0.05, 0) is 6.07 Å². The molecule has 0 atom stereocenters. The molecule has 0 aliphatic rings. The van der Waals surface area contributed by atoms with Gasteiger partial charge in [0.05, 0.1) is 0 Å². The summed E-state index contributed by atoms with van der Waals surface area (Å²) in [5.74, 6) is 0.366. The Labute approximate surface area is 107 Å². The van der Waals surface area contributed by atoms with Gasteiger partial charge in [-0.2, -0.15) is 10.3 Å². The van der Waals surface area contributed by atoms with Crippen LogP contribution in [0, 0.1) is 5.82 Å². The molecular weight excluding hydrogens is 249 g/mol. The van der Waals surface area contributed by atoms with Gasteiger partial charge < -0.3 is 10.5 Å². The number of halogens is 1. The fourth-order valence-corrected chi connectivity index (χ4v) is 1.71. The number of fused-ring (bicyclic) bond motifs is 1. The quantitative estimate of drug-likeness (QED) is 0.746. The number of nitrogens with two attached hydrogens (primary N) is 1. The van der Waals surface area contributed by atoms with E-state index in [9.17, 15) is 4.39 Å². The molecular formula is C12H10FN5O. The molecule has 0 saturated heterocycles. The van der Waals surface area contributed by atoms with Gasteiger partial charge in [-0.25, -0.2) is 9.37 Å². The molecule has 0 radical (unpaired) electrons. The van der Waals surface area contributed by atoms with Crippen molar-refractivity contribution in [3.05, 3.63) is 41.7 Å². The number of H-pyrrole nitrogens is 1. The van der Waals surface area contributed by atoms with Crippen molar-refractivity contribution in [2.75, 3.05) is 5.73 Å². The number of aromatic amines is 1. The molecule has 96 valence electrons. The highest BCUT2D eigenvalue weighted by atomic mass is 19.1. The third-order valence-electron chi connectivity index (χ3n) is 2.62. The van der Waals surface area contributed by atoms with Crippen LogP contribution < -0.4 is 10.5 Å². The lowest BCUT2D eigenvalue weighted by Gasteiger charge is -2.07. The van der Waals surface area contributed by atoms with Crippen LogP contribution >= 0.6 is 0 Å². The van der Waals surface area contributed by atoms with Crippen molar-refractivity contribution in [2.24, 2.45) is 0 Å². The molecule has 3 N–H and O–H groups in total. The molecule has 3 aromatic rings. The molecule has 0 aliphatic carbocycles. The Kier molecular flexibility index (Phi) is 2.71. The average molecular weight is 259 g/mol. The summed E-state index contributed by atoms with van der Waals surface area (Å²) in [6, 6.07) is 7.93. The molecule has 1 aromatic carbocycles. The third-order valence-corrected chi connectivity index (χ3v) is 2.62. The molecule has 0 spiro atoms. The number of hydrogen-bond donors (Lipinski definition) is 2. The Morgan fingerprint density at radius 1 is 1.26 bits per heavy atom. The zero-order valence-electron chi connectivity index (χ0n) is 9.80. The first-order chi connectivity index (χ1) is 9.24. The molecule has 0 aliphatic heterocycles. The molecule has 7 heteroatoms. The van der Waals surface area contributed by atoms with Gasteiger partial charge in [0.25, 0.3) is 0 Å². The Balaban J connectivity index is 1.90. The number of anilines is 1. The van der Waals surface area contributed by atoms with Crippen LogP contribution in [-0.2, 0) is 6.61 Å². The maximum atomic E-state index is 13.5. The number of hydrogen-bond acceptors (Lipinski definition) is 5. The first kappa shape index (κ1) is 11.4. The molecule has 0 bridgehead atoms. The third kappa shape index (κ3) is 2.17. The Morgan fingerprint density at radius 2 is 2.11 bits per heavy atom. The number of pyridine rings is 1. The molecule has 3 rings (SSSR count). The fourth-order valence-electron chi connectivity index (χ4n) is 1.71. The second-order valence-electron chi connectivity index (χ2n) is 3.92. The molecule has 0 saturated carbocycles. The van der Waals surface area contributed by atoms with Crippen LogP contribution in [-0.4, -0.2) is 20.4 Å². The van der Waals surface area contributed by atoms with Crippen LogP contribution in [0.5, 0.6) is 5.75 Å². The van der Waals surface area contributed by atoms with E-state index in [1.165, 1.54) is 12.1 Å². The highest BCUT2D eigenvalue weighted by Crippen LogP contribution is 2.24. The van der Waals surface area contributed by atoms with Gasteiger partial charge in [-0.15, -0.1) is 5.10 Å². The van der Waals surface area contributed by atoms with Gasteiger partial charge in [0.15, 0.2) is 11.3 Å². The zero-order valence-corrected chi connectivity index (χ0v) is 9.80. The Morgan fingerprint density at radius 3 is 2.95 bits per heavy atom. The van der Waals surface area contributed by atoms with Crippen LogP contribution in [0.25, 0.3) is 11.2 Å². The van der Waals surface area contributed by atoms with E-state index in [0.29, 0.717) is 22.5 Å². The second-order valence-corrected chi connectivity index (χ2v) is 3.92. The van der Waals surface area contributed by atoms with Crippen molar-refractivity contribution in [2.45, 2.75) is 6.61 Å². The lowest BCUT2D eigenvalue weighted by Crippen LogP contribution is -2.00. The molecule has 0 amide bonds. The predicted molar refractivity (Wildman–Crippen MR) is 66.8 cm³/mol. The summed E-state index contributed by atoms with van der Waals surface area (Å²) in [5, 5.41) is 10.2. The predicted octanol–water partition coefficient (Wildman–Crippen LogP) is 1.65. The standard InChI is InChI=1S/C12H10FN5O/c13-8-4-2-1-3-7(8)6-19-9-5-10(14)15-12-11(9)16-18-17-12/h1-5H,6H2,(H3,14,15,16,17,18). The van der Waals surface area contributed by atoms with E-state index < -0.39 is 0 Å². The smallest absolute Gasteiger partial charge is 0.207 e. The van der Waals surface area contributed by atoms with Crippen molar-refractivity contribution in [3.8, 4) is 5.75 Å². The summed E-state index contributed by atoms with van der Waals surface area (Å²) in [6.07, 6.45) is 0. The van der Waals surface area contributed by atoms with Gasteiger partial charge in [0, 0.05) is 11.6 Å². The topological polar surface area (TPSA) is 89.7 Å². The number of rotatable bonds is 3. The normalized spacial score (nSPS) is 10.8. The van der Waals surface area contributed by atoms with Gasteiger partial charge >= 0.3 is 0 Å². The van der Waals surface area contributed by atoms with Gasteiger partial charge in [0.2, 0.25) is 5.65 Å². The van der Waals surface area contributed by atoms with Crippen LogP contribution in [0.2, 0.25) is 0 Å². The molecule has 2 heterocycles.